The first-order chi connectivity index (χ1) is 16.0. The third-order valence-corrected chi connectivity index (χ3v) is 6.33. The Hall–Kier alpha value is -4.04. The van der Waals surface area contributed by atoms with Crippen LogP contribution in [0.3, 0.4) is 0 Å². The van der Waals surface area contributed by atoms with Gasteiger partial charge in [0.25, 0.3) is 5.78 Å². The van der Waals surface area contributed by atoms with Crippen molar-refractivity contribution in [3.63, 3.8) is 0 Å². The molecule has 164 valence electrons. The number of aromatic nitrogens is 1. The van der Waals surface area contributed by atoms with Crippen molar-refractivity contribution in [2.75, 3.05) is 12.0 Å². The van der Waals surface area contributed by atoms with Crippen LogP contribution in [-0.4, -0.2) is 28.9 Å². The van der Waals surface area contributed by atoms with Crippen molar-refractivity contribution in [1.29, 1.82) is 0 Å². The van der Waals surface area contributed by atoms with E-state index in [2.05, 4.69) is 4.98 Å². The van der Waals surface area contributed by atoms with Gasteiger partial charge < -0.3 is 9.84 Å². The largest absolute Gasteiger partial charge is 0.507 e. The molecule has 0 bridgehead atoms. The van der Waals surface area contributed by atoms with Crippen molar-refractivity contribution in [3.8, 4) is 5.75 Å². The molecule has 3 aromatic carbocycles. The monoisotopic (exact) mass is 460 g/mol. The van der Waals surface area contributed by atoms with Crippen molar-refractivity contribution in [3.05, 3.63) is 94.8 Å². The molecule has 8 heteroatoms. The molecule has 1 atom stereocenters. The van der Waals surface area contributed by atoms with E-state index in [1.54, 1.807) is 42.8 Å². The maximum Gasteiger partial charge on any atom is 0.301 e. The number of ketones is 1. The molecule has 0 aliphatic carbocycles. The summed E-state index contributed by atoms with van der Waals surface area (Å²) in [6.07, 6.45) is 1.51. The van der Waals surface area contributed by atoms with E-state index in [1.807, 2.05) is 12.1 Å². The summed E-state index contributed by atoms with van der Waals surface area (Å²) in [6.45, 7) is 0. The summed E-state index contributed by atoms with van der Waals surface area (Å²) in [5.41, 5.74) is 0.608. The number of aliphatic hydroxyl groups excluding tert-OH is 1. The van der Waals surface area contributed by atoms with Crippen molar-refractivity contribution >= 4 is 44.7 Å². The Labute approximate surface area is 192 Å². The van der Waals surface area contributed by atoms with E-state index >= 15 is 0 Å². The maximum atomic E-state index is 14.1. The second kappa shape index (κ2) is 8.14. The molecule has 1 fully saturated rings. The van der Waals surface area contributed by atoms with E-state index in [0.717, 1.165) is 10.8 Å². The first-order valence-corrected chi connectivity index (χ1v) is 10.9. The van der Waals surface area contributed by atoms with Gasteiger partial charge in [-0.1, -0.05) is 30.3 Å². The number of halogens is 1. The van der Waals surface area contributed by atoms with Crippen LogP contribution in [0.1, 0.15) is 17.2 Å². The smallest absolute Gasteiger partial charge is 0.301 e. The minimum absolute atomic E-state index is 0.117. The molecule has 5 rings (SSSR count). The van der Waals surface area contributed by atoms with Crippen LogP contribution >= 0.6 is 11.3 Å². The van der Waals surface area contributed by atoms with E-state index in [4.69, 9.17) is 4.74 Å². The lowest BCUT2D eigenvalue weighted by molar-refractivity contribution is -0.132. The number of benzene rings is 3. The number of hydrogen-bond acceptors (Lipinski definition) is 6. The number of thiazole rings is 1. The number of Topliss-reactive ketones (excluding diaryl/α,β-unsaturated/α-hetero) is 1. The summed E-state index contributed by atoms with van der Waals surface area (Å²) in [7, 11) is 1.58. The van der Waals surface area contributed by atoms with Gasteiger partial charge in [-0.15, -0.1) is 11.3 Å². The second-order valence-electron chi connectivity index (χ2n) is 7.47. The Morgan fingerprint density at radius 2 is 1.88 bits per heavy atom. The van der Waals surface area contributed by atoms with E-state index in [0.29, 0.717) is 16.9 Å². The van der Waals surface area contributed by atoms with Crippen molar-refractivity contribution < 1.29 is 23.8 Å². The fourth-order valence-electron chi connectivity index (χ4n) is 4.01. The van der Waals surface area contributed by atoms with Crippen LogP contribution in [0, 0.1) is 5.82 Å². The first-order valence-electron chi connectivity index (χ1n) is 10.0. The SMILES string of the molecule is COc1ccc2cc(/C(O)=C3\C(=O)C(=O)N(c4nccs4)C3c3cccc(F)c3)ccc2c1. The molecular formula is C25H17FN2O4S. The number of carbonyl (C=O) groups is 2. The summed E-state index contributed by atoms with van der Waals surface area (Å²) in [5, 5.41) is 14.9. The molecule has 0 radical (unpaired) electrons. The number of amides is 1. The van der Waals surface area contributed by atoms with Gasteiger partial charge in [0.15, 0.2) is 5.13 Å². The van der Waals surface area contributed by atoms with Gasteiger partial charge in [-0.2, -0.15) is 0 Å². The molecule has 33 heavy (non-hydrogen) atoms. The quantitative estimate of drug-likeness (QED) is 0.261. The van der Waals surface area contributed by atoms with Gasteiger partial charge in [0, 0.05) is 17.1 Å². The van der Waals surface area contributed by atoms with Gasteiger partial charge in [-0.05, 0) is 46.7 Å². The van der Waals surface area contributed by atoms with Crippen LogP contribution in [0.5, 0.6) is 5.75 Å². The number of carbonyl (C=O) groups excluding carboxylic acids is 2. The highest BCUT2D eigenvalue weighted by Gasteiger charge is 2.48. The van der Waals surface area contributed by atoms with Gasteiger partial charge in [-0.25, -0.2) is 9.37 Å². The zero-order chi connectivity index (χ0) is 23.1. The molecule has 6 nitrogen and oxygen atoms in total. The molecule has 1 unspecified atom stereocenters. The minimum atomic E-state index is -1.02. The highest BCUT2D eigenvalue weighted by atomic mass is 32.1. The summed E-state index contributed by atoms with van der Waals surface area (Å²) in [6, 6.07) is 15.3. The molecule has 1 aromatic heterocycles. The third kappa shape index (κ3) is 3.54. The Bertz CT molecular complexity index is 1430. The van der Waals surface area contributed by atoms with Crippen LogP contribution in [0.15, 0.2) is 77.8 Å². The highest BCUT2D eigenvalue weighted by molar-refractivity contribution is 7.14. The average molecular weight is 460 g/mol. The maximum absolute atomic E-state index is 14.1. The zero-order valence-electron chi connectivity index (χ0n) is 17.4. The number of anilines is 1. The number of methoxy groups -OCH3 is 1. The number of fused-ring (bicyclic) bond motifs is 1. The van der Waals surface area contributed by atoms with Crippen LogP contribution in [0.2, 0.25) is 0 Å². The highest BCUT2D eigenvalue weighted by Crippen LogP contribution is 2.43. The fraction of sp³-hybridized carbons (Fsp3) is 0.0800. The topological polar surface area (TPSA) is 79.7 Å². The van der Waals surface area contributed by atoms with Gasteiger partial charge in [0.2, 0.25) is 0 Å². The molecule has 2 heterocycles. The molecular weight excluding hydrogens is 443 g/mol. The number of rotatable bonds is 4. The van der Waals surface area contributed by atoms with E-state index in [9.17, 15) is 19.1 Å². The van der Waals surface area contributed by atoms with E-state index in [1.165, 1.54) is 40.6 Å². The molecule has 1 aliphatic heterocycles. The zero-order valence-corrected chi connectivity index (χ0v) is 18.2. The van der Waals surface area contributed by atoms with Gasteiger partial charge in [-0.3, -0.25) is 14.5 Å². The van der Waals surface area contributed by atoms with E-state index in [-0.39, 0.29) is 16.5 Å². The fourth-order valence-corrected chi connectivity index (χ4v) is 4.68. The predicted molar refractivity (Wildman–Crippen MR) is 124 cm³/mol. The molecule has 1 saturated heterocycles. The molecule has 0 spiro atoms. The molecule has 1 amide bonds. The predicted octanol–water partition coefficient (Wildman–Crippen LogP) is 5.07. The minimum Gasteiger partial charge on any atom is -0.507 e. The molecule has 0 saturated carbocycles. The lowest BCUT2D eigenvalue weighted by Crippen LogP contribution is -2.29. The summed E-state index contributed by atoms with van der Waals surface area (Å²) in [5.74, 6) is -1.84. The average Bonchev–Trinajstić information content (AvgIpc) is 3.44. The van der Waals surface area contributed by atoms with Crippen molar-refractivity contribution in [2.45, 2.75) is 6.04 Å². The Balaban J connectivity index is 1.70. The van der Waals surface area contributed by atoms with Crippen LogP contribution in [-0.2, 0) is 9.59 Å². The summed E-state index contributed by atoms with van der Waals surface area (Å²) >= 11 is 1.18. The van der Waals surface area contributed by atoms with Gasteiger partial charge in [0.05, 0.1) is 18.7 Å². The Morgan fingerprint density at radius 3 is 2.61 bits per heavy atom. The van der Waals surface area contributed by atoms with Crippen molar-refractivity contribution in [1.82, 2.24) is 4.98 Å². The van der Waals surface area contributed by atoms with Crippen molar-refractivity contribution in [2.24, 2.45) is 0 Å². The Morgan fingerprint density at radius 1 is 1.09 bits per heavy atom. The van der Waals surface area contributed by atoms with Crippen LogP contribution in [0.4, 0.5) is 9.52 Å². The standard InChI is InChI=1S/C25H17FN2O4S/c1-32-19-8-7-14-11-17(6-5-15(14)13-19)22(29)20-21(16-3-2-4-18(26)12-16)28(24(31)23(20)30)25-27-9-10-33-25/h2-13,21,29H,1H3/b22-20+. The Kier molecular flexibility index (Phi) is 5.14. The lowest BCUT2D eigenvalue weighted by atomic mass is 9.94. The molecule has 1 aliphatic rings. The number of nitrogens with zero attached hydrogens (tertiary/aromatic N) is 2. The first kappa shape index (κ1) is 20.8. The summed E-state index contributed by atoms with van der Waals surface area (Å²) < 4.78 is 19.3. The number of aliphatic hydroxyl groups is 1. The molecule has 4 aromatic rings. The second-order valence-corrected chi connectivity index (χ2v) is 8.34. The third-order valence-electron chi connectivity index (χ3n) is 5.56. The van der Waals surface area contributed by atoms with Gasteiger partial charge >= 0.3 is 5.91 Å². The lowest BCUT2D eigenvalue weighted by Gasteiger charge is -2.23. The van der Waals surface area contributed by atoms with Gasteiger partial charge in [0.1, 0.15) is 17.3 Å². The van der Waals surface area contributed by atoms with Crippen LogP contribution < -0.4 is 9.64 Å². The summed E-state index contributed by atoms with van der Waals surface area (Å²) in [4.78, 5) is 31.5. The van der Waals surface area contributed by atoms with Crippen LogP contribution in [0.25, 0.3) is 16.5 Å². The van der Waals surface area contributed by atoms with E-state index < -0.39 is 23.5 Å². The number of ether oxygens (including phenoxy) is 1. The normalized spacial score (nSPS) is 17.6. The number of hydrogen-bond donors (Lipinski definition) is 1. The molecule has 1 N–H and O–H groups in total.